The number of halogens is 1. The molecule has 196 valence electrons. The summed E-state index contributed by atoms with van der Waals surface area (Å²) in [7, 11) is 0. The maximum atomic E-state index is 13.2. The number of pyridine rings is 1. The summed E-state index contributed by atoms with van der Waals surface area (Å²) in [6, 6.07) is 11.3. The predicted molar refractivity (Wildman–Crippen MR) is 149 cm³/mol. The molecule has 1 fully saturated rings. The molecule has 0 bridgehead atoms. The van der Waals surface area contributed by atoms with Gasteiger partial charge in [-0.25, -0.2) is 14.8 Å². The van der Waals surface area contributed by atoms with Gasteiger partial charge >= 0.3 is 6.09 Å². The van der Waals surface area contributed by atoms with Crippen molar-refractivity contribution < 1.29 is 14.3 Å². The minimum Gasteiger partial charge on any atom is -0.444 e. The molecule has 10 nitrogen and oxygen atoms in total. The summed E-state index contributed by atoms with van der Waals surface area (Å²) in [5, 5.41) is 3.96. The maximum absolute atomic E-state index is 13.2. The molecule has 1 aliphatic heterocycles. The molecule has 4 aromatic rings. The Labute approximate surface area is 228 Å². The third-order valence-electron chi connectivity index (χ3n) is 6.03. The van der Waals surface area contributed by atoms with E-state index in [9.17, 15) is 9.59 Å². The van der Waals surface area contributed by atoms with Crippen LogP contribution in [-0.4, -0.2) is 68.6 Å². The summed E-state index contributed by atoms with van der Waals surface area (Å²) in [5.41, 5.74) is 2.76. The second-order valence-electron chi connectivity index (χ2n) is 9.98. The third-order valence-corrected chi connectivity index (χ3v) is 6.52. The van der Waals surface area contributed by atoms with Gasteiger partial charge in [0.15, 0.2) is 5.82 Å². The van der Waals surface area contributed by atoms with E-state index in [-0.39, 0.29) is 17.7 Å². The quantitative estimate of drug-likeness (QED) is 0.347. The summed E-state index contributed by atoms with van der Waals surface area (Å²) in [6.07, 6.45) is 4.55. The van der Waals surface area contributed by atoms with Gasteiger partial charge in [0.05, 0.1) is 23.3 Å². The van der Waals surface area contributed by atoms with Crippen LogP contribution in [0.2, 0.25) is 0 Å². The maximum Gasteiger partial charge on any atom is 0.410 e. The van der Waals surface area contributed by atoms with Gasteiger partial charge in [-0.15, -0.1) is 0 Å². The van der Waals surface area contributed by atoms with Crippen LogP contribution in [0.25, 0.3) is 22.4 Å². The lowest BCUT2D eigenvalue weighted by Gasteiger charge is -2.37. The SMILES string of the molecule is CC(C)(C)OC(=O)N1CCN(c2ccncc2NC(=O)c2ccnc(-c3cc4cc(Br)ccc4[nH]3)n2)CC1. The lowest BCUT2D eigenvalue weighted by Crippen LogP contribution is -2.50. The molecule has 1 saturated heterocycles. The smallest absolute Gasteiger partial charge is 0.410 e. The Bertz CT molecular complexity index is 1490. The molecule has 3 aromatic heterocycles. The van der Waals surface area contributed by atoms with Crippen molar-refractivity contribution in [2.75, 3.05) is 36.4 Å². The second-order valence-corrected chi connectivity index (χ2v) is 10.9. The molecule has 0 saturated carbocycles. The van der Waals surface area contributed by atoms with E-state index in [0.29, 0.717) is 37.7 Å². The number of carbonyl (C=O) groups excluding carboxylic acids is 2. The minimum absolute atomic E-state index is 0.236. The summed E-state index contributed by atoms with van der Waals surface area (Å²) in [4.78, 5) is 45.8. The van der Waals surface area contributed by atoms with Crippen LogP contribution in [0.5, 0.6) is 0 Å². The molecular weight excluding hydrogens is 550 g/mol. The first kappa shape index (κ1) is 25.7. The minimum atomic E-state index is -0.539. The van der Waals surface area contributed by atoms with Crippen molar-refractivity contribution in [1.29, 1.82) is 0 Å². The van der Waals surface area contributed by atoms with Gasteiger partial charge in [-0.05, 0) is 57.2 Å². The van der Waals surface area contributed by atoms with Crippen molar-refractivity contribution >= 4 is 50.2 Å². The van der Waals surface area contributed by atoms with Gasteiger partial charge in [0.1, 0.15) is 11.3 Å². The number of hydrogen-bond donors (Lipinski definition) is 2. The number of anilines is 2. The van der Waals surface area contributed by atoms with Gasteiger partial charge in [0.2, 0.25) is 0 Å². The fraction of sp³-hybridized carbons (Fsp3) is 0.296. The Morgan fingerprint density at radius 1 is 1.05 bits per heavy atom. The fourth-order valence-corrected chi connectivity index (χ4v) is 4.62. The third kappa shape index (κ3) is 5.77. The van der Waals surface area contributed by atoms with Crippen LogP contribution in [0.4, 0.5) is 16.2 Å². The van der Waals surface area contributed by atoms with Crippen LogP contribution >= 0.6 is 15.9 Å². The molecule has 1 aromatic carbocycles. The summed E-state index contributed by atoms with van der Waals surface area (Å²) in [5.74, 6) is 0.0591. The van der Waals surface area contributed by atoms with Crippen LogP contribution in [-0.2, 0) is 4.74 Å². The molecule has 0 unspecified atom stereocenters. The molecule has 38 heavy (non-hydrogen) atoms. The predicted octanol–water partition coefficient (Wildman–Crippen LogP) is 5.09. The number of benzene rings is 1. The number of amides is 2. The van der Waals surface area contributed by atoms with Gasteiger partial charge in [-0.3, -0.25) is 9.78 Å². The van der Waals surface area contributed by atoms with Gasteiger partial charge in [0.25, 0.3) is 5.91 Å². The Balaban J connectivity index is 1.29. The van der Waals surface area contributed by atoms with Gasteiger partial charge < -0.3 is 24.8 Å². The molecule has 0 atom stereocenters. The molecule has 11 heteroatoms. The number of aromatic amines is 1. The van der Waals surface area contributed by atoms with Crippen molar-refractivity contribution in [3.63, 3.8) is 0 Å². The lowest BCUT2D eigenvalue weighted by atomic mass is 10.2. The van der Waals surface area contributed by atoms with Crippen LogP contribution in [0.1, 0.15) is 31.3 Å². The van der Waals surface area contributed by atoms with Crippen LogP contribution < -0.4 is 10.2 Å². The zero-order valence-corrected chi connectivity index (χ0v) is 22.9. The van der Waals surface area contributed by atoms with E-state index >= 15 is 0 Å². The number of hydrogen-bond acceptors (Lipinski definition) is 7. The van der Waals surface area contributed by atoms with Crippen LogP contribution in [0.15, 0.2) is 59.5 Å². The van der Waals surface area contributed by atoms with E-state index < -0.39 is 5.60 Å². The van der Waals surface area contributed by atoms with E-state index in [1.807, 2.05) is 51.1 Å². The number of piperazine rings is 1. The van der Waals surface area contributed by atoms with E-state index in [1.54, 1.807) is 29.6 Å². The first-order valence-corrected chi connectivity index (χ1v) is 13.1. The zero-order chi connectivity index (χ0) is 26.9. The van der Waals surface area contributed by atoms with Crippen LogP contribution in [0, 0.1) is 0 Å². The van der Waals surface area contributed by atoms with Gasteiger partial charge in [-0.2, -0.15) is 0 Å². The number of rotatable bonds is 4. The number of fused-ring (bicyclic) bond motifs is 1. The largest absolute Gasteiger partial charge is 0.444 e. The molecule has 5 rings (SSSR count). The number of carbonyl (C=O) groups is 2. The van der Waals surface area contributed by atoms with Gasteiger partial charge in [-0.1, -0.05) is 15.9 Å². The Hall–Kier alpha value is -3.99. The van der Waals surface area contributed by atoms with Crippen molar-refractivity contribution in [1.82, 2.24) is 24.8 Å². The topological polar surface area (TPSA) is 116 Å². The zero-order valence-electron chi connectivity index (χ0n) is 21.4. The Morgan fingerprint density at radius 2 is 1.84 bits per heavy atom. The first-order valence-electron chi connectivity index (χ1n) is 12.3. The lowest BCUT2D eigenvalue weighted by molar-refractivity contribution is 0.0240. The number of aromatic nitrogens is 4. The fourth-order valence-electron chi connectivity index (χ4n) is 4.24. The second kappa shape index (κ2) is 10.4. The van der Waals surface area contributed by atoms with E-state index in [4.69, 9.17) is 4.74 Å². The highest BCUT2D eigenvalue weighted by molar-refractivity contribution is 9.10. The van der Waals surface area contributed by atoms with Crippen molar-refractivity contribution in [3.8, 4) is 11.5 Å². The number of ether oxygens (including phenoxy) is 1. The Kier molecular flexibility index (Phi) is 7.02. The average molecular weight is 578 g/mol. The van der Waals surface area contributed by atoms with E-state index in [0.717, 1.165) is 26.8 Å². The molecule has 0 aliphatic carbocycles. The van der Waals surface area contributed by atoms with Crippen molar-refractivity contribution in [2.45, 2.75) is 26.4 Å². The molecule has 0 radical (unpaired) electrons. The Morgan fingerprint density at radius 3 is 2.61 bits per heavy atom. The average Bonchev–Trinajstić information content (AvgIpc) is 3.31. The molecule has 4 heterocycles. The molecule has 2 amide bonds. The summed E-state index contributed by atoms with van der Waals surface area (Å²) in [6.45, 7) is 7.79. The highest BCUT2D eigenvalue weighted by Gasteiger charge is 2.27. The number of nitrogens with zero attached hydrogens (tertiary/aromatic N) is 5. The first-order chi connectivity index (χ1) is 18.2. The molecule has 2 N–H and O–H groups in total. The van der Waals surface area contributed by atoms with E-state index in [2.05, 4.69) is 46.1 Å². The van der Waals surface area contributed by atoms with Crippen molar-refractivity contribution in [2.24, 2.45) is 0 Å². The number of H-pyrrole nitrogens is 1. The molecular formula is C27H28BrN7O3. The van der Waals surface area contributed by atoms with Crippen LogP contribution in [0.3, 0.4) is 0 Å². The molecule has 1 aliphatic rings. The molecule has 0 spiro atoms. The summed E-state index contributed by atoms with van der Waals surface area (Å²) < 4.78 is 6.47. The highest BCUT2D eigenvalue weighted by atomic mass is 79.9. The van der Waals surface area contributed by atoms with E-state index in [1.165, 1.54) is 0 Å². The number of nitrogens with one attached hydrogen (secondary N) is 2. The standard InChI is InChI=1S/C27H28BrN7O3/c1-27(2,3)38-26(37)35-12-10-34(11-13-35)23-7-8-29-16-22(23)33-25(36)20-6-9-30-24(32-20)21-15-17-14-18(28)4-5-19(17)31-21/h4-9,14-16,31H,10-13H2,1-3H3,(H,33,36). The highest BCUT2D eigenvalue weighted by Crippen LogP contribution is 2.27. The monoisotopic (exact) mass is 577 g/mol. The summed E-state index contributed by atoms with van der Waals surface area (Å²) >= 11 is 3.48. The normalized spacial score (nSPS) is 14.0. The van der Waals surface area contributed by atoms with Gasteiger partial charge in [0, 0.05) is 53.9 Å². The van der Waals surface area contributed by atoms with Crippen molar-refractivity contribution in [3.05, 3.63) is 65.2 Å².